The Hall–Kier alpha value is -2.33. The fourth-order valence-corrected chi connectivity index (χ4v) is 2.20. The Morgan fingerprint density at radius 2 is 1.91 bits per heavy atom. The van der Waals surface area contributed by atoms with Gasteiger partial charge in [0.25, 0.3) is 0 Å². The first-order valence-electron chi connectivity index (χ1n) is 7.03. The normalized spacial score (nSPS) is 10.5. The molecule has 0 spiro atoms. The zero-order valence-corrected chi connectivity index (χ0v) is 14.4. The van der Waals surface area contributed by atoms with Crippen LogP contribution in [0.2, 0.25) is 0 Å². The minimum Gasteiger partial charge on any atom is -0.493 e. The smallest absolute Gasteiger partial charge is 0.185 e. The number of rotatable bonds is 7. The summed E-state index contributed by atoms with van der Waals surface area (Å²) in [4.78, 5) is 12.1. The summed E-state index contributed by atoms with van der Waals surface area (Å²) in [7, 11) is 1.58. The highest BCUT2D eigenvalue weighted by Crippen LogP contribution is 2.28. The van der Waals surface area contributed by atoms with Crippen molar-refractivity contribution in [2.75, 3.05) is 13.7 Å². The number of benzene rings is 2. The summed E-state index contributed by atoms with van der Waals surface area (Å²) < 4.78 is 11.7. The van der Waals surface area contributed by atoms with E-state index in [4.69, 9.17) is 9.47 Å². The van der Waals surface area contributed by atoms with E-state index in [1.807, 2.05) is 30.3 Å². The van der Waals surface area contributed by atoms with Gasteiger partial charge in [0, 0.05) is 10.0 Å². The molecule has 0 amide bonds. The van der Waals surface area contributed by atoms with Gasteiger partial charge in [-0.2, -0.15) is 0 Å². The van der Waals surface area contributed by atoms with Gasteiger partial charge in [-0.1, -0.05) is 40.7 Å². The van der Waals surface area contributed by atoms with E-state index in [9.17, 15) is 4.79 Å². The molecular weight excluding hydrogens is 356 g/mol. The number of carbonyl (C=O) groups is 1. The van der Waals surface area contributed by atoms with Gasteiger partial charge in [-0.15, -0.1) is 0 Å². The van der Waals surface area contributed by atoms with E-state index < -0.39 is 0 Å². The Morgan fingerprint density at radius 1 is 1.17 bits per heavy atom. The fourth-order valence-electron chi connectivity index (χ4n) is 1.94. The van der Waals surface area contributed by atoms with Crippen LogP contribution in [0.1, 0.15) is 15.9 Å². The standard InChI is InChI=1S/C19H17BrO3/c1-3-12-23-18-11-5-14(13-19(18)22-2)4-10-17(21)15-6-8-16(20)9-7-15/h3-11,13H,1,12H2,2H3/b10-4+. The van der Waals surface area contributed by atoms with Crippen LogP contribution < -0.4 is 9.47 Å². The van der Waals surface area contributed by atoms with Gasteiger partial charge in [-0.3, -0.25) is 4.79 Å². The number of carbonyl (C=O) groups excluding carboxylic acids is 1. The number of ketones is 1. The van der Waals surface area contributed by atoms with Crippen molar-refractivity contribution in [3.8, 4) is 11.5 Å². The third kappa shape index (κ3) is 4.83. The van der Waals surface area contributed by atoms with Crippen LogP contribution in [0, 0.1) is 0 Å². The van der Waals surface area contributed by atoms with Crippen LogP contribution in [0.3, 0.4) is 0 Å². The average molecular weight is 373 g/mol. The molecule has 0 N–H and O–H groups in total. The van der Waals surface area contributed by atoms with Crippen LogP contribution in [-0.4, -0.2) is 19.5 Å². The molecule has 118 valence electrons. The SMILES string of the molecule is C=CCOc1ccc(/C=C/C(=O)c2ccc(Br)cc2)cc1OC. The number of halogens is 1. The molecule has 2 aromatic rings. The van der Waals surface area contributed by atoms with Crippen molar-refractivity contribution in [3.63, 3.8) is 0 Å². The Balaban J connectivity index is 2.14. The molecular formula is C19H17BrO3. The monoisotopic (exact) mass is 372 g/mol. The molecule has 0 heterocycles. The van der Waals surface area contributed by atoms with Crippen LogP contribution in [0.4, 0.5) is 0 Å². The van der Waals surface area contributed by atoms with E-state index >= 15 is 0 Å². The Labute approximate surface area is 144 Å². The summed E-state index contributed by atoms with van der Waals surface area (Å²) in [6.07, 6.45) is 4.97. The molecule has 0 saturated carbocycles. The summed E-state index contributed by atoms with van der Waals surface area (Å²) in [5, 5.41) is 0. The van der Waals surface area contributed by atoms with Gasteiger partial charge in [0.15, 0.2) is 17.3 Å². The lowest BCUT2D eigenvalue weighted by atomic mass is 10.1. The zero-order valence-electron chi connectivity index (χ0n) is 12.8. The van der Waals surface area contributed by atoms with Gasteiger partial charge in [0.2, 0.25) is 0 Å². The van der Waals surface area contributed by atoms with Crippen molar-refractivity contribution in [1.82, 2.24) is 0 Å². The first-order valence-corrected chi connectivity index (χ1v) is 7.83. The largest absolute Gasteiger partial charge is 0.493 e. The van der Waals surface area contributed by atoms with Crippen molar-refractivity contribution in [2.24, 2.45) is 0 Å². The van der Waals surface area contributed by atoms with E-state index in [1.165, 1.54) is 0 Å². The lowest BCUT2D eigenvalue weighted by Crippen LogP contribution is -1.96. The Bertz CT molecular complexity index is 718. The van der Waals surface area contributed by atoms with Crippen LogP contribution in [0.5, 0.6) is 11.5 Å². The lowest BCUT2D eigenvalue weighted by molar-refractivity contribution is 0.104. The van der Waals surface area contributed by atoms with Gasteiger partial charge in [0.1, 0.15) is 6.61 Å². The first kappa shape index (κ1) is 17.0. The molecule has 0 aliphatic carbocycles. The number of hydrogen-bond acceptors (Lipinski definition) is 3. The summed E-state index contributed by atoms with van der Waals surface area (Å²) in [5.74, 6) is 1.21. The van der Waals surface area contributed by atoms with Gasteiger partial charge >= 0.3 is 0 Å². The zero-order chi connectivity index (χ0) is 16.7. The molecule has 0 saturated heterocycles. The predicted octanol–water partition coefficient (Wildman–Crippen LogP) is 4.92. The molecule has 0 fully saturated rings. The van der Waals surface area contributed by atoms with Gasteiger partial charge in [-0.25, -0.2) is 0 Å². The summed E-state index contributed by atoms with van der Waals surface area (Å²) >= 11 is 3.35. The molecule has 2 aromatic carbocycles. The molecule has 0 bridgehead atoms. The Kier molecular flexibility index (Phi) is 6.18. The highest BCUT2D eigenvalue weighted by molar-refractivity contribution is 9.10. The minimum absolute atomic E-state index is 0.0524. The van der Waals surface area contributed by atoms with Crippen LogP contribution >= 0.6 is 15.9 Å². The lowest BCUT2D eigenvalue weighted by Gasteiger charge is -2.09. The van der Waals surface area contributed by atoms with Crippen molar-refractivity contribution >= 4 is 27.8 Å². The molecule has 0 radical (unpaired) electrons. The molecule has 3 nitrogen and oxygen atoms in total. The third-order valence-electron chi connectivity index (χ3n) is 3.10. The summed E-state index contributed by atoms with van der Waals surface area (Å²) in [6, 6.07) is 12.8. The number of methoxy groups -OCH3 is 1. The molecule has 0 aliphatic rings. The highest BCUT2D eigenvalue weighted by Gasteiger charge is 2.05. The Morgan fingerprint density at radius 3 is 2.57 bits per heavy atom. The second kappa shape index (κ2) is 8.34. The van der Waals surface area contributed by atoms with Crippen LogP contribution in [0.25, 0.3) is 6.08 Å². The predicted molar refractivity (Wildman–Crippen MR) is 96.2 cm³/mol. The number of ether oxygens (including phenoxy) is 2. The maximum Gasteiger partial charge on any atom is 0.185 e. The van der Waals surface area contributed by atoms with E-state index in [2.05, 4.69) is 22.5 Å². The van der Waals surface area contributed by atoms with E-state index in [1.54, 1.807) is 37.5 Å². The van der Waals surface area contributed by atoms with Gasteiger partial charge in [-0.05, 0) is 48.0 Å². The van der Waals surface area contributed by atoms with E-state index in [-0.39, 0.29) is 5.78 Å². The average Bonchev–Trinajstić information content (AvgIpc) is 2.58. The summed E-state index contributed by atoms with van der Waals surface area (Å²) in [5.41, 5.74) is 1.50. The minimum atomic E-state index is -0.0524. The molecule has 2 rings (SSSR count). The molecule has 0 atom stereocenters. The first-order chi connectivity index (χ1) is 11.1. The van der Waals surface area contributed by atoms with Crippen molar-refractivity contribution in [2.45, 2.75) is 0 Å². The van der Waals surface area contributed by atoms with Gasteiger partial charge in [0.05, 0.1) is 7.11 Å². The maximum absolute atomic E-state index is 12.1. The highest BCUT2D eigenvalue weighted by atomic mass is 79.9. The molecule has 0 aromatic heterocycles. The van der Waals surface area contributed by atoms with Crippen LogP contribution in [-0.2, 0) is 0 Å². The van der Waals surface area contributed by atoms with E-state index in [0.29, 0.717) is 23.7 Å². The molecule has 0 unspecified atom stereocenters. The van der Waals surface area contributed by atoms with Crippen molar-refractivity contribution in [1.29, 1.82) is 0 Å². The maximum atomic E-state index is 12.1. The van der Waals surface area contributed by atoms with Crippen molar-refractivity contribution < 1.29 is 14.3 Å². The number of hydrogen-bond donors (Lipinski definition) is 0. The van der Waals surface area contributed by atoms with Crippen LogP contribution in [0.15, 0.2) is 65.7 Å². The third-order valence-corrected chi connectivity index (χ3v) is 3.63. The molecule has 4 heteroatoms. The number of allylic oxidation sites excluding steroid dienone is 1. The topological polar surface area (TPSA) is 35.5 Å². The molecule has 0 aliphatic heterocycles. The molecule has 23 heavy (non-hydrogen) atoms. The summed E-state index contributed by atoms with van der Waals surface area (Å²) in [6.45, 7) is 4.02. The van der Waals surface area contributed by atoms with Gasteiger partial charge < -0.3 is 9.47 Å². The fraction of sp³-hybridized carbons (Fsp3) is 0.105. The van der Waals surface area contributed by atoms with E-state index in [0.717, 1.165) is 10.0 Å². The quantitative estimate of drug-likeness (QED) is 0.393. The second-order valence-corrected chi connectivity index (χ2v) is 5.63. The second-order valence-electron chi connectivity index (χ2n) is 4.71. The van der Waals surface area contributed by atoms with Crippen molar-refractivity contribution in [3.05, 3.63) is 76.8 Å².